The molecule has 0 aliphatic carbocycles. The first-order valence-corrected chi connectivity index (χ1v) is 14.8. The highest BCUT2D eigenvalue weighted by atomic mass is 32.1. The van der Waals surface area contributed by atoms with Gasteiger partial charge in [0.2, 0.25) is 0 Å². The van der Waals surface area contributed by atoms with Gasteiger partial charge in [-0.25, -0.2) is 0 Å². The number of nitro groups is 2. The molecule has 41 heavy (non-hydrogen) atoms. The van der Waals surface area contributed by atoms with Gasteiger partial charge in [0.25, 0.3) is 0 Å². The molecule has 13 heteroatoms. The van der Waals surface area contributed by atoms with Crippen molar-refractivity contribution in [2.75, 3.05) is 0 Å². The van der Waals surface area contributed by atoms with Crippen molar-refractivity contribution >= 4 is 99.0 Å². The molecular weight excluding hydrogens is 581 g/mol. The number of hydrogen-bond acceptors (Lipinski definition) is 9. The molecule has 8 rings (SSSR count). The first kappa shape index (κ1) is 24.1. The van der Waals surface area contributed by atoms with Gasteiger partial charge in [-0.1, -0.05) is 36.4 Å². The van der Waals surface area contributed by atoms with Crippen molar-refractivity contribution in [3.63, 3.8) is 0 Å². The molecule has 5 aromatic heterocycles. The Morgan fingerprint density at radius 3 is 1.49 bits per heavy atom. The Balaban J connectivity index is 1.48. The highest BCUT2D eigenvalue weighted by molar-refractivity contribution is 7.24. The van der Waals surface area contributed by atoms with E-state index >= 15 is 0 Å². The van der Waals surface area contributed by atoms with E-state index in [0.29, 0.717) is 20.8 Å². The predicted molar refractivity (Wildman–Crippen MR) is 165 cm³/mol. The zero-order valence-corrected chi connectivity index (χ0v) is 23.8. The molecular formula is C28H16N6O4S3. The van der Waals surface area contributed by atoms with Crippen LogP contribution in [0.4, 0.5) is 11.4 Å². The minimum atomic E-state index is -0.652. The fourth-order valence-corrected chi connectivity index (χ4v) is 8.97. The fraction of sp³-hybridized carbons (Fsp3) is 0.0714. The summed E-state index contributed by atoms with van der Waals surface area (Å²) in [5.41, 5.74) is 3.56. The van der Waals surface area contributed by atoms with Crippen LogP contribution in [0.25, 0.3) is 74.2 Å². The first-order chi connectivity index (χ1) is 19.8. The predicted octanol–water partition coefficient (Wildman–Crippen LogP) is 8.25. The van der Waals surface area contributed by atoms with E-state index in [1.54, 1.807) is 0 Å². The number of para-hydroxylation sites is 2. The van der Waals surface area contributed by atoms with Crippen LogP contribution in [-0.2, 0) is 14.1 Å². The number of aryl methyl sites for hydroxylation is 2. The van der Waals surface area contributed by atoms with Crippen LogP contribution in [0.5, 0.6) is 0 Å². The number of benzene rings is 3. The maximum atomic E-state index is 12.7. The number of nitro benzene ring substituents is 2. The molecule has 0 saturated carbocycles. The highest BCUT2D eigenvalue weighted by Crippen LogP contribution is 2.54. The summed E-state index contributed by atoms with van der Waals surface area (Å²) in [7, 11) is 3.87. The SMILES string of the molecule is Cn1c2ccccc2c2sc(-c3c([N+](=O)[O-])c([N+](=O)[O-])c(-c4cc5c(s4)c4ccccc4n5C)c4nsnc34)cc21. The van der Waals surface area contributed by atoms with Crippen LogP contribution in [0.2, 0.25) is 0 Å². The van der Waals surface area contributed by atoms with Crippen molar-refractivity contribution in [1.82, 2.24) is 17.9 Å². The third-order valence-corrected chi connectivity index (χ3v) is 10.6. The molecule has 5 heterocycles. The molecule has 0 spiro atoms. The fourth-order valence-electron chi connectivity index (χ4n) is 5.87. The van der Waals surface area contributed by atoms with Crippen molar-refractivity contribution in [3.8, 4) is 20.9 Å². The van der Waals surface area contributed by atoms with Crippen LogP contribution >= 0.6 is 34.4 Å². The largest absolute Gasteiger partial charge is 0.357 e. The second-order valence-corrected chi connectivity index (χ2v) is 12.4. The summed E-state index contributed by atoms with van der Waals surface area (Å²) in [5.74, 6) is 0. The Kier molecular flexibility index (Phi) is 4.94. The topological polar surface area (TPSA) is 122 Å². The minimum Gasteiger partial charge on any atom is -0.343 e. The van der Waals surface area contributed by atoms with Crippen molar-refractivity contribution in [2.24, 2.45) is 14.1 Å². The highest BCUT2D eigenvalue weighted by Gasteiger charge is 2.40. The summed E-state index contributed by atoms with van der Waals surface area (Å²) in [6.45, 7) is 0. The van der Waals surface area contributed by atoms with Crippen molar-refractivity contribution in [1.29, 1.82) is 0 Å². The van der Waals surface area contributed by atoms with Gasteiger partial charge in [0.15, 0.2) is 0 Å². The molecule has 10 nitrogen and oxygen atoms in total. The van der Waals surface area contributed by atoms with E-state index in [1.807, 2.05) is 83.9 Å². The smallest absolute Gasteiger partial charge is 0.343 e. The first-order valence-electron chi connectivity index (χ1n) is 12.4. The lowest BCUT2D eigenvalue weighted by atomic mass is 10.0. The van der Waals surface area contributed by atoms with Gasteiger partial charge in [-0.2, -0.15) is 8.75 Å². The second-order valence-electron chi connectivity index (χ2n) is 9.73. The summed E-state index contributed by atoms with van der Waals surface area (Å²) in [5, 5.41) is 27.4. The number of nitrogens with zero attached hydrogens (tertiary/aromatic N) is 6. The normalized spacial score (nSPS) is 12.0. The summed E-state index contributed by atoms with van der Waals surface area (Å²) >= 11 is 3.63. The molecule has 0 bridgehead atoms. The van der Waals surface area contributed by atoms with Crippen LogP contribution in [0, 0.1) is 20.2 Å². The van der Waals surface area contributed by atoms with Gasteiger partial charge in [0.05, 0.1) is 42.0 Å². The zero-order valence-electron chi connectivity index (χ0n) is 21.3. The van der Waals surface area contributed by atoms with Gasteiger partial charge in [-0.05, 0) is 24.3 Å². The van der Waals surface area contributed by atoms with Gasteiger partial charge in [0.1, 0.15) is 22.2 Å². The van der Waals surface area contributed by atoms with E-state index in [9.17, 15) is 20.2 Å². The zero-order chi connectivity index (χ0) is 28.2. The van der Waals surface area contributed by atoms with Crippen molar-refractivity contribution in [3.05, 3.63) is 80.9 Å². The van der Waals surface area contributed by atoms with Crippen LogP contribution < -0.4 is 0 Å². The summed E-state index contributed by atoms with van der Waals surface area (Å²) < 4.78 is 14.9. The van der Waals surface area contributed by atoms with Gasteiger partial charge in [-0.3, -0.25) is 20.2 Å². The Morgan fingerprint density at radius 1 is 0.659 bits per heavy atom. The third kappa shape index (κ3) is 3.16. The number of hydrogen-bond donors (Lipinski definition) is 0. The van der Waals surface area contributed by atoms with Crippen molar-refractivity contribution in [2.45, 2.75) is 0 Å². The van der Waals surface area contributed by atoms with E-state index in [1.165, 1.54) is 22.7 Å². The molecule has 0 fully saturated rings. The molecule has 0 N–H and O–H groups in total. The monoisotopic (exact) mass is 596 g/mol. The lowest BCUT2D eigenvalue weighted by molar-refractivity contribution is -0.421. The maximum absolute atomic E-state index is 12.7. The molecule has 0 amide bonds. The molecule has 0 atom stereocenters. The number of fused-ring (bicyclic) bond motifs is 7. The Morgan fingerprint density at radius 2 is 1.07 bits per heavy atom. The molecule has 8 aromatic rings. The van der Waals surface area contributed by atoms with E-state index in [0.717, 1.165) is 54.0 Å². The number of rotatable bonds is 4. The minimum absolute atomic E-state index is 0.131. The average molecular weight is 597 g/mol. The van der Waals surface area contributed by atoms with Crippen LogP contribution in [0.1, 0.15) is 0 Å². The molecule has 200 valence electrons. The standard InChI is InChI=1S/C28H16N6O4S3/c1-31-15-9-5-3-7-13(15)27-17(31)11-19(39-27)21-23-24(30-41-29-23)22(26(34(37)38)25(21)33(35)36)20-12-18-28(40-20)14-8-4-6-10-16(14)32(18)2/h3-12H,1-2H3. The average Bonchev–Trinajstić information content (AvgIpc) is 3.78. The maximum Gasteiger partial charge on any atom is 0.357 e. The molecule has 0 aliphatic heterocycles. The van der Waals surface area contributed by atoms with E-state index in [4.69, 9.17) is 0 Å². The molecule has 0 unspecified atom stereocenters. The third-order valence-electron chi connectivity index (χ3n) is 7.69. The summed E-state index contributed by atoms with van der Waals surface area (Å²) in [4.78, 5) is 25.2. The van der Waals surface area contributed by atoms with Gasteiger partial charge in [0, 0.05) is 45.7 Å². The van der Waals surface area contributed by atoms with Gasteiger partial charge < -0.3 is 9.13 Å². The number of thiophene rings is 2. The molecule has 0 radical (unpaired) electrons. The molecule has 0 aliphatic rings. The Bertz CT molecular complexity index is 2260. The second kappa shape index (κ2) is 8.39. The Hall–Kier alpha value is -4.72. The summed E-state index contributed by atoms with van der Waals surface area (Å²) in [6, 6.07) is 19.6. The van der Waals surface area contributed by atoms with E-state index in [-0.39, 0.29) is 11.1 Å². The lowest BCUT2D eigenvalue weighted by Crippen LogP contribution is -2.02. The van der Waals surface area contributed by atoms with E-state index < -0.39 is 21.2 Å². The van der Waals surface area contributed by atoms with Crippen molar-refractivity contribution < 1.29 is 9.85 Å². The van der Waals surface area contributed by atoms with Crippen LogP contribution in [0.3, 0.4) is 0 Å². The van der Waals surface area contributed by atoms with Gasteiger partial charge in [-0.15, -0.1) is 22.7 Å². The van der Waals surface area contributed by atoms with E-state index in [2.05, 4.69) is 8.75 Å². The van der Waals surface area contributed by atoms with Gasteiger partial charge >= 0.3 is 11.4 Å². The van der Waals surface area contributed by atoms with Crippen LogP contribution in [-0.4, -0.2) is 27.7 Å². The molecule has 3 aromatic carbocycles. The summed E-state index contributed by atoms with van der Waals surface area (Å²) in [6.07, 6.45) is 0. The van der Waals surface area contributed by atoms with Crippen LogP contribution in [0.15, 0.2) is 60.7 Å². The number of aromatic nitrogens is 4. The molecule has 0 saturated heterocycles. The Labute approximate surface area is 241 Å². The quantitative estimate of drug-likeness (QED) is 0.149. The lowest BCUT2D eigenvalue weighted by Gasteiger charge is -2.08.